The van der Waals surface area contributed by atoms with Crippen molar-refractivity contribution in [2.24, 2.45) is 0 Å². The molecule has 2 aromatic rings. The molecule has 9 nitrogen and oxygen atoms in total. The van der Waals surface area contributed by atoms with Gasteiger partial charge in [-0.2, -0.15) is 0 Å². The van der Waals surface area contributed by atoms with Gasteiger partial charge in [-0.15, -0.1) is 0 Å². The molecule has 0 unspecified atom stereocenters. The highest BCUT2D eigenvalue weighted by Gasteiger charge is 2.50. The van der Waals surface area contributed by atoms with Crippen LogP contribution in [0, 0.1) is 0 Å². The Kier molecular flexibility index (Phi) is 8.58. The average molecular weight is 510 g/mol. The molecule has 2 fully saturated rings. The minimum absolute atomic E-state index is 0.199. The molecule has 2 heterocycles. The molecule has 0 aliphatic carbocycles. The molecule has 5 atom stereocenters. The summed E-state index contributed by atoms with van der Waals surface area (Å²) in [6, 6.07) is 14.1. The molecule has 2 saturated heterocycles. The lowest BCUT2D eigenvalue weighted by atomic mass is 9.94. The lowest BCUT2D eigenvalue weighted by Crippen LogP contribution is -2.60. The van der Waals surface area contributed by atoms with E-state index in [2.05, 4.69) is 16.0 Å². The minimum atomic E-state index is -0.962. The van der Waals surface area contributed by atoms with Gasteiger partial charge in [0.25, 0.3) is 0 Å². The first-order valence-electron chi connectivity index (χ1n) is 12.7. The predicted molar refractivity (Wildman–Crippen MR) is 137 cm³/mol. The van der Waals surface area contributed by atoms with Crippen molar-refractivity contribution in [1.29, 1.82) is 0 Å². The Morgan fingerprint density at radius 3 is 2.32 bits per heavy atom. The van der Waals surface area contributed by atoms with Gasteiger partial charge in [0.05, 0.1) is 25.9 Å². The molecule has 0 spiro atoms. The predicted octanol–water partition coefficient (Wildman–Crippen LogP) is 0.921. The fourth-order valence-electron chi connectivity index (χ4n) is 4.56. The van der Waals surface area contributed by atoms with Gasteiger partial charge in [-0.25, -0.2) is 0 Å². The first-order valence-corrected chi connectivity index (χ1v) is 12.7. The number of hydrogen-bond acceptors (Lipinski definition) is 7. The van der Waals surface area contributed by atoms with Crippen LogP contribution in [-0.2, 0) is 32.0 Å². The lowest BCUT2D eigenvalue weighted by Gasteiger charge is -2.30. The highest BCUT2D eigenvalue weighted by molar-refractivity contribution is 5.98. The Morgan fingerprint density at radius 1 is 1.05 bits per heavy atom. The normalized spacial score (nSPS) is 24.4. The van der Waals surface area contributed by atoms with Crippen LogP contribution in [0.2, 0.25) is 0 Å². The third-order valence-corrected chi connectivity index (χ3v) is 6.95. The number of aliphatic hydroxyl groups excluding tert-OH is 1. The van der Waals surface area contributed by atoms with Crippen molar-refractivity contribution >= 4 is 17.6 Å². The van der Waals surface area contributed by atoms with Gasteiger partial charge < -0.3 is 30.5 Å². The smallest absolute Gasteiger partial charge is 0.243 e. The van der Waals surface area contributed by atoms with Gasteiger partial charge in [0.15, 0.2) is 5.78 Å². The van der Waals surface area contributed by atoms with Gasteiger partial charge in [-0.05, 0) is 56.0 Å². The van der Waals surface area contributed by atoms with E-state index in [4.69, 9.17) is 9.47 Å². The minimum Gasteiger partial charge on any atom is -0.497 e. The lowest BCUT2D eigenvalue weighted by molar-refractivity contribution is -0.134. The average Bonchev–Trinajstić information content (AvgIpc) is 3.67. The Labute approximate surface area is 216 Å². The van der Waals surface area contributed by atoms with Crippen molar-refractivity contribution in [3.05, 3.63) is 65.7 Å². The van der Waals surface area contributed by atoms with Gasteiger partial charge in [0.1, 0.15) is 23.4 Å². The van der Waals surface area contributed by atoms with Crippen LogP contribution in [0.3, 0.4) is 0 Å². The van der Waals surface area contributed by atoms with Crippen LogP contribution in [0.15, 0.2) is 54.6 Å². The summed E-state index contributed by atoms with van der Waals surface area (Å²) >= 11 is 0. The summed E-state index contributed by atoms with van der Waals surface area (Å²) in [5.74, 6) is -0.463. The standard InChI is InChI=1S/C28H35N3O6/c1-28(17-37-28)25(33)21(15-18-7-4-3-5-8-18)30-26(34)22(16-19-10-12-20(36-2)13-11-19)31-27(35)24-23(32)9-6-14-29-24/h3-5,7-8,10-13,21-24,29,32H,6,9,14-17H2,1-2H3,(H,30,34)(H,31,35)/t21-,22-,23+,24+,28+/m0/s1. The quantitative estimate of drug-likeness (QED) is 0.332. The maximum Gasteiger partial charge on any atom is 0.243 e. The molecular weight excluding hydrogens is 474 g/mol. The molecule has 2 aliphatic rings. The van der Waals surface area contributed by atoms with Crippen molar-refractivity contribution in [3.8, 4) is 5.75 Å². The molecule has 2 amide bonds. The number of hydrogen-bond donors (Lipinski definition) is 4. The van der Waals surface area contributed by atoms with E-state index in [0.717, 1.165) is 17.5 Å². The van der Waals surface area contributed by atoms with Crippen molar-refractivity contribution < 1.29 is 29.0 Å². The van der Waals surface area contributed by atoms with Crippen LogP contribution >= 0.6 is 0 Å². The number of aliphatic hydroxyl groups is 1. The number of carbonyl (C=O) groups is 3. The number of amides is 2. The van der Waals surface area contributed by atoms with E-state index in [9.17, 15) is 19.5 Å². The second-order valence-corrected chi connectivity index (χ2v) is 9.89. The monoisotopic (exact) mass is 509 g/mol. The maximum absolute atomic E-state index is 13.6. The van der Waals surface area contributed by atoms with Crippen LogP contribution in [-0.4, -0.2) is 72.8 Å². The summed E-state index contributed by atoms with van der Waals surface area (Å²) in [5.41, 5.74) is 0.787. The molecule has 0 bridgehead atoms. The number of ether oxygens (including phenoxy) is 2. The second-order valence-electron chi connectivity index (χ2n) is 9.89. The summed E-state index contributed by atoms with van der Waals surface area (Å²) < 4.78 is 10.6. The SMILES string of the molecule is COc1ccc(C[C@H](NC(=O)[C@@H]2NCCC[C@H]2O)C(=O)N[C@@H](Cc2ccccc2)C(=O)[C@@]2(C)CO2)cc1. The molecule has 9 heteroatoms. The topological polar surface area (TPSA) is 129 Å². The number of carbonyl (C=O) groups excluding carboxylic acids is 3. The summed E-state index contributed by atoms with van der Waals surface area (Å²) in [6.45, 7) is 2.63. The van der Waals surface area contributed by atoms with Crippen molar-refractivity contribution in [2.75, 3.05) is 20.3 Å². The number of methoxy groups -OCH3 is 1. The zero-order valence-corrected chi connectivity index (χ0v) is 21.2. The number of benzene rings is 2. The van der Waals surface area contributed by atoms with Crippen LogP contribution in [0.25, 0.3) is 0 Å². The fourth-order valence-corrected chi connectivity index (χ4v) is 4.56. The zero-order chi connectivity index (χ0) is 26.4. The van der Waals surface area contributed by atoms with Crippen molar-refractivity contribution in [2.45, 2.75) is 62.4 Å². The van der Waals surface area contributed by atoms with Gasteiger partial charge >= 0.3 is 0 Å². The number of nitrogens with one attached hydrogen (secondary N) is 3. The molecule has 198 valence electrons. The largest absolute Gasteiger partial charge is 0.497 e. The Hall–Kier alpha value is -3.27. The second kappa shape index (κ2) is 11.9. The molecular formula is C28H35N3O6. The fraction of sp³-hybridized carbons (Fsp3) is 0.464. The molecule has 0 saturated carbocycles. The molecule has 2 aliphatic heterocycles. The van der Waals surface area contributed by atoms with Crippen LogP contribution < -0.4 is 20.7 Å². The molecule has 4 N–H and O–H groups in total. The zero-order valence-electron chi connectivity index (χ0n) is 21.2. The van der Waals surface area contributed by atoms with E-state index in [1.54, 1.807) is 26.2 Å². The van der Waals surface area contributed by atoms with Gasteiger partial charge in [-0.3, -0.25) is 14.4 Å². The highest BCUT2D eigenvalue weighted by Crippen LogP contribution is 2.29. The molecule has 0 radical (unpaired) electrons. The Balaban J connectivity index is 1.54. The first kappa shape index (κ1) is 26.8. The maximum atomic E-state index is 13.6. The van der Waals surface area contributed by atoms with Gasteiger partial charge in [-0.1, -0.05) is 42.5 Å². The van der Waals surface area contributed by atoms with Gasteiger partial charge in [0.2, 0.25) is 11.8 Å². The van der Waals surface area contributed by atoms with E-state index in [1.165, 1.54) is 0 Å². The number of Topliss-reactive ketones (excluding diaryl/α,β-unsaturated/α-hetero) is 1. The number of epoxide rings is 1. The third-order valence-electron chi connectivity index (χ3n) is 6.95. The summed E-state index contributed by atoms with van der Waals surface area (Å²) in [5, 5.41) is 19.0. The molecule has 4 rings (SSSR count). The van der Waals surface area contributed by atoms with Crippen LogP contribution in [0.1, 0.15) is 30.9 Å². The highest BCUT2D eigenvalue weighted by atomic mass is 16.6. The number of piperidine rings is 1. The van der Waals surface area contributed by atoms with E-state index >= 15 is 0 Å². The number of rotatable bonds is 11. The van der Waals surface area contributed by atoms with Gasteiger partial charge in [0, 0.05) is 6.42 Å². The Morgan fingerprint density at radius 2 is 1.70 bits per heavy atom. The third kappa shape index (κ3) is 6.94. The van der Waals surface area contributed by atoms with Crippen molar-refractivity contribution in [3.63, 3.8) is 0 Å². The summed E-state index contributed by atoms with van der Waals surface area (Å²) in [7, 11) is 1.57. The van der Waals surface area contributed by atoms with E-state index in [1.807, 2.05) is 42.5 Å². The van der Waals surface area contributed by atoms with Crippen LogP contribution in [0.5, 0.6) is 5.75 Å². The summed E-state index contributed by atoms with van der Waals surface area (Å²) in [6.07, 6.45) is 0.941. The number of ketones is 1. The van der Waals surface area contributed by atoms with E-state index < -0.39 is 41.6 Å². The van der Waals surface area contributed by atoms with E-state index in [0.29, 0.717) is 31.7 Å². The Bertz CT molecular complexity index is 1090. The summed E-state index contributed by atoms with van der Waals surface area (Å²) in [4.78, 5) is 39.9. The molecule has 2 aromatic carbocycles. The first-order chi connectivity index (χ1) is 17.8. The van der Waals surface area contributed by atoms with E-state index in [-0.39, 0.29) is 12.2 Å². The molecule has 0 aromatic heterocycles. The molecule has 37 heavy (non-hydrogen) atoms. The van der Waals surface area contributed by atoms with Crippen molar-refractivity contribution in [1.82, 2.24) is 16.0 Å². The van der Waals surface area contributed by atoms with Crippen LogP contribution in [0.4, 0.5) is 0 Å².